The molecule has 1 aliphatic heterocycles. The minimum atomic E-state index is -0.667. The summed E-state index contributed by atoms with van der Waals surface area (Å²) in [5, 5.41) is 0. The van der Waals surface area contributed by atoms with Gasteiger partial charge in [-0.25, -0.2) is 4.39 Å². The number of nitrogens with zero attached hydrogens (tertiary/aromatic N) is 1. The van der Waals surface area contributed by atoms with Crippen molar-refractivity contribution in [3.8, 4) is 11.5 Å². The molecule has 0 saturated carbocycles. The Labute approximate surface area is 156 Å². The molecule has 1 heterocycles. The first-order valence-electron chi connectivity index (χ1n) is 8.61. The highest BCUT2D eigenvalue weighted by atomic mass is 19.1. The number of amides is 1. The van der Waals surface area contributed by atoms with Gasteiger partial charge in [0, 0.05) is 5.69 Å². The largest absolute Gasteiger partial charge is 0.497 e. The van der Waals surface area contributed by atoms with Crippen LogP contribution in [0.15, 0.2) is 78.9 Å². The van der Waals surface area contributed by atoms with E-state index in [1.54, 1.807) is 36.3 Å². The monoisotopic (exact) mass is 363 g/mol. The maximum Gasteiger partial charge on any atom is 0.271 e. The fourth-order valence-electron chi connectivity index (χ4n) is 3.24. The molecule has 27 heavy (non-hydrogen) atoms. The Morgan fingerprint density at radius 1 is 0.852 bits per heavy atom. The van der Waals surface area contributed by atoms with E-state index in [0.29, 0.717) is 11.5 Å². The summed E-state index contributed by atoms with van der Waals surface area (Å²) in [6, 6.07) is 22.3. The van der Waals surface area contributed by atoms with Crippen molar-refractivity contribution < 1.29 is 18.7 Å². The number of ether oxygens (including phenoxy) is 2. The number of carbonyl (C=O) groups excluding carboxylic acids is 1. The fraction of sp³-hybridized carbons (Fsp3) is 0.136. The van der Waals surface area contributed by atoms with Crippen molar-refractivity contribution in [1.29, 1.82) is 0 Å². The van der Waals surface area contributed by atoms with Crippen LogP contribution >= 0.6 is 0 Å². The zero-order valence-corrected chi connectivity index (χ0v) is 14.7. The van der Waals surface area contributed by atoms with E-state index in [-0.39, 0.29) is 17.8 Å². The van der Waals surface area contributed by atoms with Crippen LogP contribution in [0.5, 0.6) is 11.5 Å². The number of hydrogen-bond acceptors (Lipinski definition) is 3. The van der Waals surface area contributed by atoms with Gasteiger partial charge in [-0.05, 0) is 54.1 Å². The molecule has 2 atom stereocenters. The summed E-state index contributed by atoms with van der Waals surface area (Å²) in [6.45, 7) is 0. The third-order valence-electron chi connectivity index (χ3n) is 4.61. The van der Waals surface area contributed by atoms with Crippen molar-refractivity contribution in [2.75, 3.05) is 12.0 Å². The summed E-state index contributed by atoms with van der Waals surface area (Å²) >= 11 is 0. The van der Waals surface area contributed by atoms with Gasteiger partial charge in [0.1, 0.15) is 23.4 Å². The predicted octanol–water partition coefficient (Wildman–Crippen LogP) is 4.37. The van der Waals surface area contributed by atoms with Crippen LogP contribution in [0.3, 0.4) is 0 Å². The number of anilines is 1. The van der Waals surface area contributed by atoms with Gasteiger partial charge < -0.3 is 9.47 Å². The lowest BCUT2D eigenvalue weighted by Gasteiger charge is -2.46. The van der Waals surface area contributed by atoms with Crippen LogP contribution in [0.25, 0.3) is 0 Å². The third kappa shape index (κ3) is 3.24. The van der Waals surface area contributed by atoms with Crippen LogP contribution in [-0.4, -0.2) is 19.1 Å². The molecule has 5 heteroatoms. The summed E-state index contributed by atoms with van der Waals surface area (Å²) in [6.07, 6.45) is -0.667. The molecule has 4 nitrogen and oxygen atoms in total. The Hall–Kier alpha value is -3.34. The average molecular weight is 363 g/mol. The molecule has 3 aromatic carbocycles. The van der Waals surface area contributed by atoms with E-state index in [2.05, 4.69) is 0 Å². The first-order chi connectivity index (χ1) is 13.2. The maximum atomic E-state index is 13.4. The van der Waals surface area contributed by atoms with Crippen molar-refractivity contribution in [2.45, 2.75) is 12.1 Å². The summed E-state index contributed by atoms with van der Waals surface area (Å²) in [5.41, 5.74) is 1.55. The average Bonchev–Trinajstić information content (AvgIpc) is 2.72. The number of β-lactam (4-membered cyclic amide) rings is 1. The molecule has 1 amide bonds. The van der Waals surface area contributed by atoms with Crippen LogP contribution in [0, 0.1) is 5.82 Å². The standard InChI is InChI=1S/C22H18FNO3/c1-26-18-13-11-17(12-14-18)24-20(15-7-9-16(23)10-8-15)21(22(24)25)27-19-5-3-2-4-6-19/h2-14,20-21H,1H3/t20-,21+/m1/s1. The minimum absolute atomic E-state index is 0.140. The van der Waals surface area contributed by atoms with E-state index in [0.717, 1.165) is 11.3 Å². The van der Waals surface area contributed by atoms with E-state index in [9.17, 15) is 9.18 Å². The van der Waals surface area contributed by atoms with E-state index in [1.807, 2.05) is 42.5 Å². The molecule has 1 aliphatic rings. The fourth-order valence-corrected chi connectivity index (χ4v) is 3.24. The highest BCUT2D eigenvalue weighted by Crippen LogP contribution is 2.41. The minimum Gasteiger partial charge on any atom is -0.497 e. The van der Waals surface area contributed by atoms with Crippen LogP contribution in [0.1, 0.15) is 11.6 Å². The predicted molar refractivity (Wildman–Crippen MR) is 100 cm³/mol. The Morgan fingerprint density at radius 3 is 2.15 bits per heavy atom. The molecule has 3 aromatic rings. The second-order valence-corrected chi connectivity index (χ2v) is 6.25. The Balaban J connectivity index is 1.67. The number of benzene rings is 3. The van der Waals surface area contributed by atoms with E-state index in [4.69, 9.17) is 9.47 Å². The Kier molecular flexibility index (Phi) is 4.50. The van der Waals surface area contributed by atoms with Crippen LogP contribution in [0.4, 0.5) is 10.1 Å². The molecule has 1 saturated heterocycles. The molecule has 136 valence electrons. The van der Waals surface area contributed by atoms with Crippen LogP contribution < -0.4 is 14.4 Å². The topological polar surface area (TPSA) is 38.8 Å². The lowest BCUT2D eigenvalue weighted by Crippen LogP contribution is -2.61. The molecule has 0 radical (unpaired) electrons. The summed E-state index contributed by atoms with van der Waals surface area (Å²) in [5.74, 6) is 0.874. The van der Waals surface area contributed by atoms with Crippen molar-refractivity contribution >= 4 is 11.6 Å². The number of carbonyl (C=O) groups is 1. The van der Waals surface area contributed by atoms with Gasteiger partial charge in [-0.3, -0.25) is 9.69 Å². The first kappa shape index (κ1) is 17.1. The molecule has 0 spiro atoms. The molecular weight excluding hydrogens is 345 g/mol. The summed E-state index contributed by atoms with van der Waals surface area (Å²) in [7, 11) is 1.59. The molecule has 0 unspecified atom stereocenters. The van der Waals surface area contributed by atoms with Crippen molar-refractivity contribution in [3.63, 3.8) is 0 Å². The Morgan fingerprint density at radius 2 is 1.52 bits per heavy atom. The highest BCUT2D eigenvalue weighted by molar-refractivity contribution is 6.05. The van der Waals surface area contributed by atoms with Gasteiger partial charge in [-0.2, -0.15) is 0 Å². The number of hydrogen-bond donors (Lipinski definition) is 0. The first-order valence-corrected chi connectivity index (χ1v) is 8.61. The number of halogens is 1. The van der Waals surface area contributed by atoms with Crippen LogP contribution in [0.2, 0.25) is 0 Å². The number of rotatable bonds is 5. The van der Waals surface area contributed by atoms with Crippen molar-refractivity contribution in [3.05, 3.63) is 90.2 Å². The van der Waals surface area contributed by atoms with Gasteiger partial charge in [-0.15, -0.1) is 0 Å². The quantitative estimate of drug-likeness (QED) is 0.632. The van der Waals surface area contributed by atoms with Crippen molar-refractivity contribution in [2.24, 2.45) is 0 Å². The zero-order chi connectivity index (χ0) is 18.8. The molecule has 0 bridgehead atoms. The number of para-hydroxylation sites is 1. The highest BCUT2D eigenvalue weighted by Gasteiger charge is 2.51. The molecule has 0 aromatic heterocycles. The lowest BCUT2D eigenvalue weighted by atomic mass is 9.89. The van der Waals surface area contributed by atoms with Crippen molar-refractivity contribution in [1.82, 2.24) is 0 Å². The molecule has 0 N–H and O–H groups in total. The number of methoxy groups -OCH3 is 1. The van der Waals surface area contributed by atoms with E-state index < -0.39 is 6.10 Å². The SMILES string of the molecule is COc1ccc(N2C(=O)[C@@H](Oc3ccccc3)[C@H]2c2ccc(F)cc2)cc1. The summed E-state index contributed by atoms with van der Waals surface area (Å²) in [4.78, 5) is 14.5. The second kappa shape index (κ2) is 7.11. The Bertz CT molecular complexity index is 926. The zero-order valence-electron chi connectivity index (χ0n) is 14.7. The summed E-state index contributed by atoms with van der Waals surface area (Å²) < 4.78 is 24.5. The smallest absolute Gasteiger partial charge is 0.271 e. The van der Waals surface area contributed by atoms with Crippen LogP contribution in [-0.2, 0) is 4.79 Å². The third-order valence-corrected chi connectivity index (χ3v) is 4.61. The van der Waals surface area contributed by atoms with E-state index >= 15 is 0 Å². The van der Waals surface area contributed by atoms with Gasteiger partial charge in [0.05, 0.1) is 7.11 Å². The molecular formula is C22H18FNO3. The van der Waals surface area contributed by atoms with E-state index in [1.165, 1.54) is 12.1 Å². The van der Waals surface area contributed by atoms with Gasteiger partial charge >= 0.3 is 0 Å². The van der Waals surface area contributed by atoms with Gasteiger partial charge in [0.15, 0.2) is 0 Å². The molecule has 0 aliphatic carbocycles. The van der Waals surface area contributed by atoms with Gasteiger partial charge in [-0.1, -0.05) is 30.3 Å². The molecule has 4 rings (SSSR count). The van der Waals surface area contributed by atoms with Gasteiger partial charge in [0.25, 0.3) is 5.91 Å². The maximum absolute atomic E-state index is 13.4. The molecule has 1 fully saturated rings. The normalized spacial score (nSPS) is 18.7. The second-order valence-electron chi connectivity index (χ2n) is 6.25. The lowest BCUT2D eigenvalue weighted by molar-refractivity contribution is -0.135. The van der Waals surface area contributed by atoms with Gasteiger partial charge in [0.2, 0.25) is 6.10 Å².